The van der Waals surface area contributed by atoms with Gasteiger partial charge in [-0.05, 0) is 31.0 Å². The summed E-state index contributed by atoms with van der Waals surface area (Å²) in [5.74, 6) is -0.468. The van der Waals surface area contributed by atoms with Crippen molar-refractivity contribution in [2.75, 3.05) is 7.11 Å². The van der Waals surface area contributed by atoms with E-state index in [1.165, 1.54) is 7.11 Å². The topological polar surface area (TPSA) is 63.6 Å². The second-order valence-corrected chi connectivity index (χ2v) is 4.83. The average Bonchev–Trinajstić information content (AvgIpc) is 2.31. The van der Waals surface area contributed by atoms with E-state index in [2.05, 4.69) is 15.9 Å². The van der Waals surface area contributed by atoms with E-state index >= 15 is 0 Å². The van der Waals surface area contributed by atoms with Gasteiger partial charge in [0.05, 0.1) is 12.7 Å². The number of halogens is 1. The van der Waals surface area contributed by atoms with Gasteiger partial charge in [0, 0.05) is 17.3 Å². The van der Waals surface area contributed by atoms with Gasteiger partial charge in [0.15, 0.2) is 5.78 Å². The molecule has 1 N–H and O–H groups in total. The first kappa shape index (κ1) is 14.7. The minimum absolute atomic E-state index is 0.00108. The van der Waals surface area contributed by atoms with E-state index < -0.39 is 5.97 Å². The van der Waals surface area contributed by atoms with Crippen molar-refractivity contribution in [3.8, 4) is 5.75 Å². The van der Waals surface area contributed by atoms with Crippen LogP contribution in [0, 0.1) is 6.92 Å². The molecular weight excluding hydrogens is 300 g/mol. The molecule has 0 amide bonds. The predicted octanol–water partition coefficient (Wildman–Crippen LogP) is 3.20. The molecule has 1 rings (SSSR count). The SMILES string of the molecule is COc1cc(C)c(Br)cc1C(=O)CCCC(=O)O. The van der Waals surface area contributed by atoms with Crippen LogP contribution < -0.4 is 4.74 Å². The molecule has 0 unspecified atom stereocenters. The second-order valence-electron chi connectivity index (χ2n) is 3.97. The molecule has 1 aromatic carbocycles. The number of carboxylic acids is 1. The lowest BCUT2D eigenvalue weighted by atomic mass is 10.0. The largest absolute Gasteiger partial charge is 0.496 e. The second kappa shape index (κ2) is 6.54. The van der Waals surface area contributed by atoms with Crippen LogP contribution in [0.5, 0.6) is 5.75 Å². The lowest BCUT2D eigenvalue weighted by molar-refractivity contribution is -0.137. The number of aryl methyl sites for hydroxylation is 1. The minimum Gasteiger partial charge on any atom is -0.496 e. The third kappa shape index (κ3) is 3.84. The highest BCUT2D eigenvalue weighted by atomic mass is 79.9. The van der Waals surface area contributed by atoms with Gasteiger partial charge < -0.3 is 9.84 Å². The van der Waals surface area contributed by atoms with Gasteiger partial charge in [0.2, 0.25) is 0 Å². The summed E-state index contributed by atoms with van der Waals surface area (Å²) in [6.45, 7) is 1.91. The summed E-state index contributed by atoms with van der Waals surface area (Å²) in [4.78, 5) is 22.4. The standard InChI is InChI=1S/C13H15BrO4/c1-8-6-12(18-2)9(7-10(8)14)11(15)4-3-5-13(16)17/h6-7H,3-5H2,1-2H3,(H,16,17). The summed E-state index contributed by atoms with van der Waals surface area (Å²) in [7, 11) is 1.51. The summed E-state index contributed by atoms with van der Waals surface area (Å²) in [5.41, 5.74) is 1.47. The fourth-order valence-electron chi connectivity index (χ4n) is 1.58. The molecule has 0 heterocycles. The van der Waals surface area contributed by atoms with Crippen LogP contribution in [0.25, 0.3) is 0 Å². The molecule has 0 bridgehead atoms. The smallest absolute Gasteiger partial charge is 0.303 e. The van der Waals surface area contributed by atoms with Crippen LogP contribution in [0.1, 0.15) is 35.2 Å². The van der Waals surface area contributed by atoms with Gasteiger partial charge in [-0.2, -0.15) is 0 Å². The van der Waals surface area contributed by atoms with Crippen LogP contribution in [0.3, 0.4) is 0 Å². The number of carbonyl (C=O) groups is 2. The lowest BCUT2D eigenvalue weighted by Gasteiger charge is -2.10. The number of carbonyl (C=O) groups excluding carboxylic acids is 1. The first-order valence-electron chi connectivity index (χ1n) is 5.55. The number of rotatable bonds is 6. The number of aliphatic carboxylic acids is 1. The van der Waals surface area contributed by atoms with Gasteiger partial charge >= 0.3 is 5.97 Å². The molecule has 0 spiro atoms. The van der Waals surface area contributed by atoms with Crippen molar-refractivity contribution in [1.82, 2.24) is 0 Å². The fraction of sp³-hybridized carbons (Fsp3) is 0.385. The zero-order valence-corrected chi connectivity index (χ0v) is 11.9. The Balaban J connectivity index is 2.84. The highest BCUT2D eigenvalue weighted by Crippen LogP contribution is 2.28. The van der Waals surface area contributed by atoms with E-state index in [4.69, 9.17) is 9.84 Å². The number of Topliss-reactive ketones (excluding diaryl/α,β-unsaturated/α-hetero) is 1. The van der Waals surface area contributed by atoms with Crippen molar-refractivity contribution < 1.29 is 19.4 Å². The van der Waals surface area contributed by atoms with Gasteiger partial charge in [-0.3, -0.25) is 9.59 Å². The quantitative estimate of drug-likeness (QED) is 0.819. The van der Waals surface area contributed by atoms with Crippen molar-refractivity contribution in [1.29, 1.82) is 0 Å². The van der Waals surface area contributed by atoms with E-state index in [0.29, 0.717) is 17.7 Å². The number of carboxylic acid groups (broad SMARTS) is 1. The molecule has 5 heteroatoms. The maximum absolute atomic E-state index is 12.0. The highest BCUT2D eigenvalue weighted by Gasteiger charge is 2.14. The van der Waals surface area contributed by atoms with E-state index in [1.807, 2.05) is 6.92 Å². The third-order valence-corrected chi connectivity index (χ3v) is 3.43. The van der Waals surface area contributed by atoms with E-state index in [9.17, 15) is 9.59 Å². The first-order chi connectivity index (χ1) is 8.45. The molecule has 18 heavy (non-hydrogen) atoms. The Kier molecular flexibility index (Phi) is 5.34. The molecule has 0 fully saturated rings. The number of ketones is 1. The van der Waals surface area contributed by atoms with Crippen molar-refractivity contribution in [2.24, 2.45) is 0 Å². The number of hydrogen-bond donors (Lipinski definition) is 1. The molecule has 0 aliphatic heterocycles. The monoisotopic (exact) mass is 314 g/mol. The van der Waals surface area contributed by atoms with Gasteiger partial charge in [-0.25, -0.2) is 0 Å². The van der Waals surface area contributed by atoms with Crippen molar-refractivity contribution >= 4 is 27.7 Å². The fourth-order valence-corrected chi connectivity index (χ4v) is 1.92. The van der Waals surface area contributed by atoms with Gasteiger partial charge in [0.1, 0.15) is 5.75 Å². The molecule has 0 radical (unpaired) electrons. The predicted molar refractivity (Wildman–Crippen MR) is 71.2 cm³/mol. The summed E-state index contributed by atoms with van der Waals surface area (Å²) >= 11 is 3.37. The van der Waals surface area contributed by atoms with Crippen molar-refractivity contribution in [3.05, 3.63) is 27.7 Å². The Labute approximate surface area is 114 Å². The summed E-state index contributed by atoms with van der Waals surface area (Å²) < 4.78 is 6.01. The van der Waals surface area contributed by atoms with Crippen molar-refractivity contribution in [3.63, 3.8) is 0 Å². The van der Waals surface area contributed by atoms with Crippen LogP contribution >= 0.6 is 15.9 Å². The van der Waals surface area contributed by atoms with E-state index in [1.54, 1.807) is 12.1 Å². The molecule has 0 saturated carbocycles. The molecular formula is C13H15BrO4. The van der Waals surface area contributed by atoms with Crippen molar-refractivity contribution in [2.45, 2.75) is 26.2 Å². The normalized spacial score (nSPS) is 10.2. The maximum atomic E-state index is 12.0. The molecule has 0 aliphatic rings. The van der Waals surface area contributed by atoms with E-state index in [0.717, 1.165) is 10.0 Å². The zero-order valence-electron chi connectivity index (χ0n) is 10.3. The molecule has 0 saturated heterocycles. The Morgan fingerprint density at radius 3 is 2.56 bits per heavy atom. The third-order valence-electron chi connectivity index (χ3n) is 2.58. The van der Waals surface area contributed by atoms with Crippen LogP contribution in [0.2, 0.25) is 0 Å². The highest BCUT2D eigenvalue weighted by molar-refractivity contribution is 9.10. The Morgan fingerprint density at radius 1 is 1.33 bits per heavy atom. The molecule has 98 valence electrons. The number of ether oxygens (including phenoxy) is 1. The summed E-state index contributed by atoms with van der Waals surface area (Å²) in [6.07, 6.45) is 0.544. The number of hydrogen-bond acceptors (Lipinski definition) is 3. The maximum Gasteiger partial charge on any atom is 0.303 e. The molecule has 4 nitrogen and oxygen atoms in total. The number of methoxy groups -OCH3 is 1. The molecule has 1 aromatic rings. The molecule has 0 atom stereocenters. The lowest BCUT2D eigenvalue weighted by Crippen LogP contribution is -2.04. The van der Waals surface area contributed by atoms with Crippen LogP contribution in [-0.4, -0.2) is 24.0 Å². The first-order valence-corrected chi connectivity index (χ1v) is 6.34. The zero-order chi connectivity index (χ0) is 13.7. The summed E-state index contributed by atoms with van der Waals surface area (Å²) in [5, 5.41) is 8.53. The Bertz CT molecular complexity index is 468. The van der Waals surface area contributed by atoms with Gasteiger partial charge in [-0.1, -0.05) is 15.9 Å². The van der Waals surface area contributed by atoms with E-state index in [-0.39, 0.29) is 18.6 Å². The Morgan fingerprint density at radius 2 is 2.00 bits per heavy atom. The van der Waals surface area contributed by atoms with Crippen LogP contribution in [-0.2, 0) is 4.79 Å². The number of benzene rings is 1. The Hall–Kier alpha value is -1.36. The summed E-state index contributed by atoms with van der Waals surface area (Å²) in [6, 6.07) is 3.51. The van der Waals surface area contributed by atoms with Crippen LogP contribution in [0.4, 0.5) is 0 Å². The molecule has 0 aromatic heterocycles. The van der Waals surface area contributed by atoms with Gasteiger partial charge in [0.25, 0.3) is 0 Å². The van der Waals surface area contributed by atoms with Gasteiger partial charge in [-0.15, -0.1) is 0 Å². The minimum atomic E-state index is -0.889. The average molecular weight is 315 g/mol. The molecule has 0 aliphatic carbocycles. The van der Waals surface area contributed by atoms with Crippen LogP contribution in [0.15, 0.2) is 16.6 Å².